The first-order valence-electron chi connectivity index (χ1n) is 5.61. The van der Waals surface area contributed by atoms with E-state index in [2.05, 4.69) is 15.1 Å². The highest BCUT2D eigenvalue weighted by molar-refractivity contribution is 5.47. The van der Waals surface area contributed by atoms with E-state index in [1.54, 1.807) is 6.20 Å². The van der Waals surface area contributed by atoms with Crippen LogP contribution in [0, 0.1) is 5.41 Å². The minimum Gasteiger partial charge on any atom is -0.392 e. The molecule has 1 atom stereocenters. The zero-order valence-corrected chi connectivity index (χ0v) is 10.3. The molecule has 0 radical (unpaired) electrons. The molecule has 2 aromatic rings. The van der Waals surface area contributed by atoms with Gasteiger partial charge in [0.05, 0.1) is 18.2 Å². The second-order valence-corrected chi connectivity index (χ2v) is 5.18. The summed E-state index contributed by atoms with van der Waals surface area (Å²) in [6.07, 6.45) is 1.67. The van der Waals surface area contributed by atoms with Crippen molar-refractivity contribution in [3.8, 4) is 11.5 Å². The molecule has 92 valence electrons. The van der Waals surface area contributed by atoms with Crippen LogP contribution in [0.5, 0.6) is 0 Å². The Kier molecular flexibility index (Phi) is 3.02. The summed E-state index contributed by atoms with van der Waals surface area (Å²) in [6.45, 7) is 5.92. The van der Waals surface area contributed by atoms with Crippen molar-refractivity contribution in [3.05, 3.63) is 24.2 Å². The Morgan fingerprint density at radius 2 is 2.24 bits per heavy atom. The molecule has 0 aliphatic heterocycles. The normalized spacial score (nSPS) is 13.9. The molecule has 0 aliphatic rings. The van der Waals surface area contributed by atoms with E-state index < -0.39 is 6.10 Å². The van der Waals surface area contributed by atoms with Crippen molar-refractivity contribution in [3.63, 3.8) is 0 Å². The van der Waals surface area contributed by atoms with Crippen LogP contribution >= 0.6 is 0 Å². The lowest BCUT2D eigenvalue weighted by atomic mass is 9.87. The number of nitrogens with one attached hydrogen (secondary N) is 1. The van der Waals surface area contributed by atoms with Gasteiger partial charge in [-0.2, -0.15) is 4.98 Å². The smallest absolute Gasteiger partial charge is 0.229 e. The number of aliphatic hydroxyl groups is 1. The minimum absolute atomic E-state index is 0.193. The monoisotopic (exact) mass is 235 g/mol. The summed E-state index contributed by atoms with van der Waals surface area (Å²) in [5.74, 6) is 0.975. The lowest BCUT2D eigenvalue weighted by molar-refractivity contribution is 0.0565. The molecule has 2 aromatic heterocycles. The van der Waals surface area contributed by atoms with Crippen LogP contribution in [0.3, 0.4) is 0 Å². The molecular weight excluding hydrogens is 218 g/mol. The van der Waals surface area contributed by atoms with Crippen LogP contribution in [0.2, 0.25) is 0 Å². The quantitative estimate of drug-likeness (QED) is 0.853. The molecule has 2 heterocycles. The van der Waals surface area contributed by atoms with E-state index in [0.29, 0.717) is 18.1 Å². The standard InChI is InChI=1S/C12H17N3O2/c1-12(2,3)9(16)7-10-14-11(15-17-10)8-5-4-6-13-8/h4-6,9,13,16H,7H2,1-3H3. The highest BCUT2D eigenvalue weighted by Gasteiger charge is 2.24. The molecule has 2 N–H and O–H groups in total. The first kappa shape index (κ1) is 11.9. The van der Waals surface area contributed by atoms with Crippen molar-refractivity contribution in [2.75, 3.05) is 0 Å². The Morgan fingerprint density at radius 1 is 1.47 bits per heavy atom. The van der Waals surface area contributed by atoms with E-state index in [1.165, 1.54) is 0 Å². The highest BCUT2D eigenvalue weighted by Crippen LogP contribution is 2.22. The molecule has 0 saturated heterocycles. The summed E-state index contributed by atoms with van der Waals surface area (Å²) in [4.78, 5) is 7.24. The van der Waals surface area contributed by atoms with Crippen LogP contribution in [-0.2, 0) is 6.42 Å². The lowest BCUT2D eigenvalue weighted by Crippen LogP contribution is -2.28. The molecule has 17 heavy (non-hydrogen) atoms. The molecule has 5 heteroatoms. The van der Waals surface area contributed by atoms with E-state index in [-0.39, 0.29) is 5.41 Å². The van der Waals surface area contributed by atoms with Crippen molar-refractivity contribution < 1.29 is 9.63 Å². The fraction of sp³-hybridized carbons (Fsp3) is 0.500. The van der Waals surface area contributed by atoms with E-state index in [0.717, 1.165) is 5.69 Å². The number of aromatic amines is 1. The average Bonchev–Trinajstić information content (AvgIpc) is 2.83. The Hall–Kier alpha value is -1.62. The number of aliphatic hydroxyl groups excluding tert-OH is 1. The minimum atomic E-state index is -0.501. The van der Waals surface area contributed by atoms with Gasteiger partial charge in [-0.15, -0.1) is 0 Å². The average molecular weight is 235 g/mol. The van der Waals surface area contributed by atoms with Gasteiger partial charge < -0.3 is 14.6 Å². The van der Waals surface area contributed by atoms with Gasteiger partial charge in [-0.1, -0.05) is 25.9 Å². The van der Waals surface area contributed by atoms with Gasteiger partial charge in [0.1, 0.15) is 0 Å². The number of rotatable bonds is 3. The van der Waals surface area contributed by atoms with Crippen molar-refractivity contribution >= 4 is 0 Å². The number of hydrogen-bond acceptors (Lipinski definition) is 4. The van der Waals surface area contributed by atoms with Crippen LogP contribution in [0.25, 0.3) is 11.5 Å². The van der Waals surface area contributed by atoms with Gasteiger partial charge in [0, 0.05) is 6.20 Å². The van der Waals surface area contributed by atoms with Crippen molar-refractivity contribution in [2.24, 2.45) is 5.41 Å². The Morgan fingerprint density at radius 3 is 2.82 bits per heavy atom. The molecule has 0 bridgehead atoms. The first-order chi connectivity index (χ1) is 7.97. The number of aromatic nitrogens is 3. The third kappa shape index (κ3) is 2.74. The maximum atomic E-state index is 9.94. The summed E-state index contributed by atoms with van der Waals surface area (Å²) in [5.41, 5.74) is 0.617. The summed E-state index contributed by atoms with van der Waals surface area (Å²) in [5, 5.41) is 13.8. The molecule has 0 spiro atoms. The molecule has 1 unspecified atom stereocenters. The van der Waals surface area contributed by atoms with Crippen molar-refractivity contribution in [1.82, 2.24) is 15.1 Å². The maximum Gasteiger partial charge on any atom is 0.229 e. The highest BCUT2D eigenvalue weighted by atomic mass is 16.5. The third-order valence-electron chi connectivity index (χ3n) is 2.67. The van der Waals surface area contributed by atoms with Crippen molar-refractivity contribution in [2.45, 2.75) is 33.3 Å². The second kappa shape index (κ2) is 4.33. The predicted molar refractivity (Wildman–Crippen MR) is 63.3 cm³/mol. The van der Waals surface area contributed by atoms with Crippen molar-refractivity contribution in [1.29, 1.82) is 0 Å². The number of hydrogen-bond donors (Lipinski definition) is 2. The summed E-state index contributed by atoms with van der Waals surface area (Å²) in [6, 6.07) is 3.74. The van der Waals surface area contributed by atoms with Gasteiger partial charge in [0.15, 0.2) is 0 Å². The number of nitrogens with zero attached hydrogens (tertiary/aromatic N) is 2. The number of H-pyrrole nitrogens is 1. The molecule has 0 aliphatic carbocycles. The van der Waals surface area contributed by atoms with Crippen LogP contribution in [0.15, 0.2) is 22.9 Å². The summed E-state index contributed by atoms with van der Waals surface area (Å²) < 4.78 is 5.11. The molecule has 0 amide bonds. The molecule has 0 aromatic carbocycles. The first-order valence-corrected chi connectivity index (χ1v) is 5.61. The van der Waals surface area contributed by atoms with E-state index in [4.69, 9.17) is 4.52 Å². The van der Waals surface area contributed by atoms with Gasteiger partial charge in [0.2, 0.25) is 11.7 Å². The van der Waals surface area contributed by atoms with Gasteiger partial charge in [-0.3, -0.25) is 0 Å². The fourth-order valence-electron chi connectivity index (χ4n) is 1.39. The zero-order valence-electron chi connectivity index (χ0n) is 10.3. The molecule has 0 saturated carbocycles. The largest absolute Gasteiger partial charge is 0.392 e. The molecule has 0 fully saturated rings. The van der Waals surface area contributed by atoms with Crippen LogP contribution in [0.1, 0.15) is 26.7 Å². The summed E-state index contributed by atoms with van der Waals surface area (Å²) >= 11 is 0. The fourth-order valence-corrected chi connectivity index (χ4v) is 1.39. The zero-order chi connectivity index (χ0) is 12.5. The van der Waals surface area contributed by atoms with E-state index >= 15 is 0 Å². The third-order valence-corrected chi connectivity index (χ3v) is 2.67. The van der Waals surface area contributed by atoms with Gasteiger partial charge >= 0.3 is 0 Å². The molecule has 2 rings (SSSR count). The van der Waals surface area contributed by atoms with Gasteiger partial charge in [0.25, 0.3) is 0 Å². The van der Waals surface area contributed by atoms with Crippen LogP contribution in [0.4, 0.5) is 0 Å². The van der Waals surface area contributed by atoms with Gasteiger partial charge in [-0.05, 0) is 17.5 Å². The predicted octanol–water partition coefficient (Wildman–Crippen LogP) is 2.01. The van der Waals surface area contributed by atoms with Gasteiger partial charge in [-0.25, -0.2) is 0 Å². The SMILES string of the molecule is CC(C)(C)C(O)Cc1nc(-c2ccc[nH]2)no1. The maximum absolute atomic E-state index is 9.94. The second-order valence-electron chi connectivity index (χ2n) is 5.18. The topological polar surface area (TPSA) is 74.9 Å². The van der Waals surface area contributed by atoms with E-state index in [9.17, 15) is 5.11 Å². The lowest BCUT2D eigenvalue weighted by Gasteiger charge is -2.24. The Bertz CT molecular complexity index is 468. The Balaban J connectivity index is 2.09. The van der Waals surface area contributed by atoms with E-state index in [1.807, 2.05) is 32.9 Å². The van der Waals surface area contributed by atoms with Crippen LogP contribution in [-0.4, -0.2) is 26.3 Å². The molecule has 5 nitrogen and oxygen atoms in total. The Labute approximate surface area is 99.9 Å². The summed E-state index contributed by atoms with van der Waals surface area (Å²) in [7, 11) is 0. The van der Waals surface area contributed by atoms with Crippen LogP contribution < -0.4 is 0 Å². The molecular formula is C12H17N3O2.